The van der Waals surface area contributed by atoms with E-state index < -0.39 is 0 Å². The van der Waals surface area contributed by atoms with Crippen molar-refractivity contribution in [3.8, 4) is 0 Å². The van der Waals surface area contributed by atoms with Crippen LogP contribution in [0.5, 0.6) is 0 Å². The first kappa shape index (κ1) is 15.8. The van der Waals surface area contributed by atoms with E-state index in [-0.39, 0.29) is 23.2 Å². The number of fused-ring (bicyclic) bond motifs is 3. The molecular formula is C18H19N3O4. The minimum Gasteiger partial charge on any atom is -0.468 e. The van der Waals surface area contributed by atoms with E-state index in [1.54, 1.807) is 0 Å². The summed E-state index contributed by atoms with van der Waals surface area (Å²) in [6.07, 6.45) is 2.76. The number of hydrogen-bond donors (Lipinski definition) is 1. The lowest BCUT2D eigenvalue weighted by molar-refractivity contribution is -0.148. The molecule has 1 aromatic carbocycles. The summed E-state index contributed by atoms with van der Waals surface area (Å²) in [4.78, 5) is 33.8. The third-order valence-electron chi connectivity index (χ3n) is 4.72. The molecule has 0 saturated carbocycles. The molecule has 25 heavy (non-hydrogen) atoms. The third-order valence-corrected chi connectivity index (χ3v) is 4.72. The van der Waals surface area contributed by atoms with Crippen LogP contribution in [0.1, 0.15) is 25.1 Å². The maximum Gasteiger partial charge on any atom is 0.323 e. The van der Waals surface area contributed by atoms with Gasteiger partial charge in [0.05, 0.1) is 13.7 Å². The van der Waals surface area contributed by atoms with E-state index in [4.69, 9.17) is 9.15 Å². The van der Waals surface area contributed by atoms with Crippen LogP contribution in [0.15, 0.2) is 33.5 Å². The highest BCUT2D eigenvalue weighted by atomic mass is 16.5. The van der Waals surface area contributed by atoms with Crippen molar-refractivity contribution in [2.24, 2.45) is 0 Å². The van der Waals surface area contributed by atoms with Crippen LogP contribution in [0, 0.1) is 0 Å². The summed E-state index contributed by atoms with van der Waals surface area (Å²) >= 11 is 0. The number of ether oxygens (including phenoxy) is 1. The number of carbonyl (C=O) groups excluding carboxylic acids is 1. The Kier molecular flexibility index (Phi) is 4.01. The molecule has 3 heterocycles. The standard InChI is InChI=1S/C18H19N3O4/c1-24-18(23)12-7-4-5-9-21(12)10-14-19-15-11-6-2-3-8-13(11)25-16(15)17(22)20-14/h2-3,6,8,12H,4-5,7,9-10H2,1H3,(H,19,20,22)/t12-/m1/s1. The van der Waals surface area contributed by atoms with Gasteiger partial charge in [-0.15, -0.1) is 0 Å². The summed E-state index contributed by atoms with van der Waals surface area (Å²) in [7, 11) is 1.40. The molecule has 2 aromatic heterocycles. The maximum absolute atomic E-state index is 12.4. The third kappa shape index (κ3) is 2.80. The van der Waals surface area contributed by atoms with E-state index in [0.29, 0.717) is 23.5 Å². The van der Waals surface area contributed by atoms with E-state index in [0.717, 1.165) is 31.2 Å². The van der Waals surface area contributed by atoms with E-state index in [9.17, 15) is 9.59 Å². The van der Waals surface area contributed by atoms with E-state index in [1.165, 1.54) is 7.11 Å². The smallest absolute Gasteiger partial charge is 0.323 e. The summed E-state index contributed by atoms with van der Waals surface area (Å²) in [6, 6.07) is 7.15. The first-order valence-electron chi connectivity index (χ1n) is 8.39. The minimum atomic E-state index is -0.303. The Balaban J connectivity index is 1.72. The van der Waals surface area contributed by atoms with Crippen LogP contribution in [-0.2, 0) is 16.1 Å². The molecule has 1 aliphatic rings. The van der Waals surface area contributed by atoms with Crippen molar-refractivity contribution >= 4 is 28.0 Å². The molecule has 1 fully saturated rings. The lowest BCUT2D eigenvalue weighted by Gasteiger charge is -2.33. The molecule has 130 valence electrons. The van der Waals surface area contributed by atoms with Crippen LogP contribution in [0.25, 0.3) is 22.1 Å². The Hall–Kier alpha value is -2.67. The average molecular weight is 341 g/mol. The van der Waals surface area contributed by atoms with Gasteiger partial charge in [-0.3, -0.25) is 14.5 Å². The SMILES string of the molecule is COC(=O)[C@H]1CCCCN1Cc1nc2c(oc3ccccc32)c(=O)[nH]1. The second-order valence-corrected chi connectivity index (χ2v) is 6.29. The Morgan fingerprint density at radius 2 is 2.24 bits per heavy atom. The van der Waals surface area contributed by atoms with Gasteiger partial charge in [0.2, 0.25) is 5.58 Å². The van der Waals surface area contributed by atoms with Gasteiger partial charge < -0.3 is 14.1 Å². The molecule has 0 aliphatic carbocycles. The predicted molar refractivity (Wildman–Crippen MR) is 92.2 cm³/mol. The number of aromatic nitrogens is 2. The normalized spacial score (nSPS) is 18.7. The average Bonchev–Trinajstić information content (AvgIpc) is 3.01. The summed E-state index contributed by atoms with van der Waals surface area (Å²) in [5.74, 6) is 0.289. The Bertz CT molecular complexity index is 991. The molecule has 0 radical (unpaired) electrons. The van der Waals surface area contributed by atoms with Gasteiger partial charge in [-0.2, -0.15) is 0 Å². The molecule has 1 atom stereocenters. The van der Waals surface area contributed by atoms with Gasteiger partial charge in [-0.1, -0.05) is 18.6 Å². The summed E-state index contributed by atoms with van der Waals surface area (Å²) in [6.45, 7) is 1.16. The molecule has 1 N–H and O–H groups in total. The van der Waals surface area contributed by atoms with Crippen LogP contribution in [0.2, 0.25) is 0 Å². The zero-order valence-electron chi connectivity index (χ0n) is 13.9. The predicted octanol–water partition coefficient (Wildman–Crippen LogP) is 2.20. The van der Waals surface area contributed by atoms with Gasteiger partial charge in [0, 0.05) is 5.39 Å². The van der Waals surface area contributed by atoms with Gasteiger partial charge >= 0.3 is 5.97 Å². The van der Waals surface area contributed by atoms with Gasteiger partial charge in [0.25, 0.3) is 5.56 Å². The van der Waals surface area contributed by atoms with E-state index in [2.05, 4.69) is 9.97 Å². The summed E-state index contributed by atoms with van der Waals surface area (Å²) < 4.78 is 10.5. The second kappa shape index (κ2) is 6.33. The number of H-pyrrole nitrogens is 1. The number of likely N-dealkylation sites (tertiary alicyclic amines) is 1. The van der Waals surface area contributed by atoms with Gasteiger partial charge in [0.15, 0.2) is 0 Å². The molecule has 4 rings (SSSR count). The molecule has 3 aromatic rings. The van der Waals surface area contributed by atoms with E-state index >= 15 is 0 Å². The number of piperidine rings is 1. The highest BCUT2D eigenvalue weighted by Gasteiger charge is 2.30. The number of nitrogens with zero attached hydrogens (tertiary/aromatic N) is 2. The number of methoxy groups -OCH3 is 1. The number of esters is 1. The molecule has 0 unspecified atom stereocenters. The maximum atomic E-state index is 12.4. The van der Waals surface area contributed by atoms with Crippen LogP contribution < -0.4 is 5.56 Å². The highest BCUT2D eigenvalue weighted by molar-refractivity contribution is 6.01. The summed E-state index contributed by atoms with van der Waals surface area (Å²) in [5.41, 5.74) is 1.12. The van der Waals surface area contributed by atoms with Crippen molar-refractivity contribution < 1.29 is 13.9 Å². The number of furan rings is 1. The van der Waals surface area contributed by atoms with Crippen LogP contribution in [-0.4, -0.2) is 40.5 Å². The Morgan fingerprint density at radius 3 is 3.08 bits per heavy atom. The fourth-order valence-corrected chi connectivity index (χ4v) is 3.50. The molecule has 1 saturated heterocycles. The number of benzene rings is 1. The largest absolute Gasteiger partial charge is 0.468 e. The molecular weight excluding hydrogens is 322 g/mol. The second-order valence-electron chi connectivity index (χ2n) is 6.29. The first-order valence-corrected chi connectivity index (χ1v) is 8.39. The number of para-hydroxylation sites is 1. The van der Waals surface area contributed by atoms with Gasteiger partial charge in [-0.25, -0.2) is 4.98 Å². The van der Waals surface area contributed by atoms with Crippen LogP contribution >= 0.6 is 0 Å². The molecule has 7 nitrogen and oxygen atoms in total. The topological polar surface area (TPSA) is 88.4 Å². The molecule has 0 spiro atoms. The van der Waals surface area contributed by atoms with Crippen molar-refractivity contribution in [1.82, 2.24) is 14.9 Å². The monoisotopic (exact) mass is 341 g/mol. The van der Waals surface area contributed by atoms with Gasteiger partial charge in [0.1, 0.15) is 23.0 Å². The number of rotatable bonds is 3. The highest BCUT2D eigenvalue weighted by Crippen LogP contribution is 2.25. The van der Waals surface area contributed by atoms with Crippen LogP contribution in [0.4, 0.5) is 0 Å². The number of aromatic amines is 1. The summed E-state index contributed by atoms with van der Waals surface area (Å²) in [5, 5.41) is 0.813. The quantitative estimate of drug-likeness (QED) is 0.735. The van der Waals surface area contributed by atoms with Crippen molar-refractivity contribution in [1.29, 1.82) is 0 Å². The van der Waals surface area contributed by atoms with Crippen molar-refractivity contribution in [3.05, 3.63) is 40.4 Å². The van der Waals surface area contributed by atoms with Crippen molar-refractivity contribution in [2.45, 2.75) is 31.8 Å². The molecule has 0 bridgehead atoms. The minimum absolute atomic E-state index is 0.230. The van der Waals surface area contributed by atoms with Gasteiger partial charge in [-0.05, 0) is 31.5 Å². The molecule has 7 heteroatoms. The van der Waals surface area contributed by atoms with Crippen molar-refractivity contribution in [3.63, 3.8) is 0 Å². The lowest BCUT2D eigenvalue weighted by atomic mass is 10.0. The number of nitrogens with one attached hydrogen (secondary N) is 1. The zero-order valence-corrected chi connectivity index (χ0v) is 13.9. The lowest BCUT2D eigenvalue weighted by Crippen LogP contribution is -2.45. The Labute approximate surface area is 143 Å². The Morgan fingerprint density at radius 1 is 1.40 bits per heavy atom. The zero-order chi connectivity index (χ0) is 17.4. The fraction of sp³-hybridized carbons (Fsp3) is 0.389. The van der Waals surface area contributed by atoms with Crippen LogP contribution in [0.3, 0.4) is 0 Å². The number of hydrogen-bond acceptors (Lipinski definition) is 6. The van der Waals surface area contributed by atoms with E-state index in [1.807, 2.05) is 29.2 Å². The molecule has 0 amide bonds. The van der Waals surface area contributed by atoms with Crippen molar-refractivity contribution in [2.75, 3.05) is 13.7 Å². The molecule has 1 aliphatic heterocycles. The first-order chi connectivity index (χ1) is 12.2. The fourth-order valence-electron chi connectivity index (χ4n) is 3.50. The number of carbonyl (C=O) groups is 1.